The molecule has 3 heteroatoms. The van der Waals surface area contributed by atoms with Crippen molar-refractivity contribution in [3.63, 3.8) is 0 Å². The highest BCUT2D eigenvalue weighted by Gasteiger charge is 2.07. The predicted octanol–water partition coefficient (Wildman–Crippen LogP) is 2.98. The van der Waals surface area contributed by atoms with Crippen LogP contribution in [-0.4, -0.2) is 8.78 Å². The minimum atomic E-state index is 0.593. The molecule has 0 aliphatic heterocycles. The zero-order valence-corrected chi connectivity index (χ0v) is 8.45. The molecule has 1 unspecified atom stereocenters. The fourth-order valence-corrected chi connectivity index (χ4v) is 1.84. The molecule has 0 heterocycles. The van der Waals surface area contributed by atoms with Crippen LogP contribution in [0.3, 0.4) is 0 Å². The topological polar surface area (TPSA) is 0 Å². The van der Waals surface area contributed by atoms with Crippen molar-refractivity contribution in [2.75, 3.05) is 0 Å². The van der Waals surface area contributed by atoms with Crippen molar-refractivity contribution < 1.29 is 0 Å². The maximum absolute atomic E-state index is 4.82. The molecule has 0 rings (SSSR count). The Morgan fingerprint density at radius 1 is 1.44 bits per heavy atom. The first-order chi connectivity index (χ1) is 4.04. The van der Waals surface area contributed by atoms with Gasteiger partial charge in [-0.2, -0.15) is 0 Å². The zero-order valence-electron chi connectivity index (χ0n) is 5.92. The number of rotatable bonds is 2. The second-order valence-electron chi connectivity index (χ2n) is 2.33. The molecular formula is C6H12S3. The molecule has 0 nitrogen and oxygen atoms in total. The van der Waals surface area contributed by atoms with Gasteiger partial charge in [-0.1, -0.05) is 33.0 Å². The lowest BCUT2D eigenvalue weighted by molar-refractivity contribution is 0.644. The lowest BCUT2D eigenvalue weighted by atomic mass is 10.2. The fraction of sp³-hybridized carbons (Fsp3) is 0.833. The molecule has 0 spiro atoms. The van der Waals surface area contributed by atoms with Crippen molar-refractivity contribution in [3.05, 3.63) is 0 Å². The van der Waals surface area contributed by atoms with Gasteiger partial charge < -0.3 is 0 Å². The van der Waals surface area contributed by atoms with Gasteiger partial charge in [0.15, 0.2) is 0 Å². The summed E-state index contributed by atoms with van der Waals surface area (Å²) in [5, 5.41) is 0.593. The molecule has 0 bridgehead atoms. The van der Waals surface area contributed by atoms with E-state index in [-0.39, 0.29) is 0 Å². The van der Waals surface area contributed by atoms with Gasteiger partial charge in [0.2, 0.25) is 0 Å². The van der Waals surface area contributed by atoms with Gasteiger partial charge in [0.05, 0.1) is 0 Å². The fourth-order valence-electron chi connectivity index (χ4n) is 0.295. The first-order valence-electron chi connectivity index (χ1n) is 2.93. The van der Waals surface area contributed by atoms with Crippen LogP contribution in [0, 0.1) is 5.92 Å². The molecule has 0 radical (unpaired) electrons. The van der Waals surface area contributed by atoms with Gasteiger partial charge in [-0.3, -0.25) is 0 Å². The average molecular weight is 180 g/mol. The highest BCUT2D eigenvalue weighted by atomic mass is 32.2. The van der Waals surface area contributed by atoms with Gasteiger partial charge in [0.1, 0.15) is 3.53 Å². The first kappa shape index (κ1) is 9.79. The Morgan fingerprint density at radius 2 is 1.89 bits per heavy atom. The van der Waals surface area contributed by atoms with Crippen molar-refractivity contribution in [1.82, 2.24) is 0 Å². The summed E-state index contributed by atoms with van der Waals surface area (Å²) in [4.78, 5) is 0. The Morgan fingerprint density at radius 3 is 2.00 bits per heavy atom. The van der Waals surface area contributed by atoms with E-state index in [1.165, 1.54) is 0 Å². The van der Waals surface area contributed by atoms with Crippen LogP contribution in [0.25, 0.3) is 0 Å². The number of thioether (sulfide) groups is 1. The summed E-state index contributed by atoms with van der Waals surface area (Å²) in [5.74, 6) is 0.681. The van der Waals surface area contributed by atoms with Gasteiger partial charge in [-0.25, -0.2) is 0 Å². The molecule has 0 saturated heterocycles. The molecular weight excluding hydrogens is 168 g/mol. The van der Waals surface area contributed by atoms with E-state index >= 15 is 0 Å². The number of thiol groups is 1. The molecule has 1 atom stereocenters. The minimum absolute atomic E-state index is 0.593. The minimum Gasteiger partial charge on any atom is -0.125 e. The molecule has 54 valence electrons. The van der Waals surface area contributed by atoms with E-state index in [0.29, 0.717) is 11.2 Å². The lowest BCUT2D eigenvalue weighted by Crippen LogP contribution is -2.06. The van der Waals surface area contributed by atoms with E-state index in [1.54, 1.807) is 11.8 Å². The maximum Gasteiger partial charge on any atom is 0.101 e. The van der Waals surface area contributed by atoms with Crippen LogP contribution in [0.15, 0.2) is 0 Å². The lowest BCUT2D eigenvalue weighted by Gasteiger charge is -2.12. The molecule has 0 N–H and O–H groups in total. The quantitative estimate of drug-likeness (QED) is 0.512. The van der Waals surface area contributed by atoms with Crippen molar-refractivity contribution >= 4 is 40.1 Å². The van der Waals surface area contributed by atoms with E-state index in [4.69, 9.17) is 12.2 Å². The van der Waals surface area contributed by atoms with Crippen LogP contribution in [-0.2, 0) is 0 Å². The molecule has 0 aliphatic carbocycles. The van der Waals surface area contributed by atoms with E-state index in [1.807, 2.05) is 0 Å². The van der Waals surface area contributed by atoms with Crippen LogP contribution in [0.4, 0.5) is 0 Å². The molecule has 0 fully saturated rings. The molecule has 0 aromatic heterocycles. The summed E-state index contributed by atoms with van der Waals surface area (Å²) in [5.41, 5.74) is 0. The van der Waals surface area contributed by atoms with E-state index in [2.05, 4.69) is 33.4 Å². The number of hydrogen-bond acceptors (Lipinski definition) is 2. The molecule has 9 heavy (non-hydrogen) atoms. The van der Waals surface area contributed by atoms with Crippen molar-refractivity contribution in [2.24, 2.45) is 5.92 Å². The first-order valence-corrected chi connectivity index (χ1v) is 4.67. The largest absolute Gasteiger partial charge is 0.125 e. The SMILES string of the molecule is CC(C)C(C)SC(=S)S. The summed E-state index contributed by atoms with van der Waals surface area (Å²) in [6.45, 7) is 6.53. The summed E-state index contributed by atoms with van der Waals surface area (Å²) >= 11 is 10.5. The van der Waals surface area contributed by atoms with E-state index < -0.39 is 0 Å². The van der Waals surface area contributed by atoms with Crippen molar-refractivity contribution in [2.45, 2.75) is 26.0 Å². The Balaban J connectivity index is 3.50. The summed E-state index contributed by atoms with van der Waals surface area (Å²) in [6.07, 6.45) is 0. The maximum atomic E-state index is 4.82. The van der Waals surface area contributed by atoms with Gasteiger partial charge in [-0.05, 0) is 5.92 Å². The molecule has 0 amide bonds. The monoisotopic (exact) mass is 180 g/mol. The summed E-state index contributed by atoms with van der Waals surface area (Å²) in [6, 6.07) is 0. The Kier molecular flexibility index (Phi) is 4.98. The Hall–Kier alpha value is 0.790. The molecule has 0 aromatic rings. The summed E-state index contributed by atoms with van der Waals surface area (Å²) < 4.78 is 0.746. The predicted molar refractivity (Wildman–Crippen MR) is 53.5 cm³/mol. The van der Waals surface area contributed by atoms with Crippen LogP contribution in [0.5, 0.6) is 0 Å². The standard InChI is InChI=1S/C6H12S3/c1-4(2)5(3)9-6(7)8/h4-5H,1-3H3,(H,7,8). The second-order valence-corrected chi connectivity index (χ2v) is 5.44. The smallest absolute Gasteiger partial charge is 0.101 e. The van der Waals surface area contributed by atoms with Gasteiger partial charge in [-0.15, -0.1) is 24.4 Å². The van der Waals surface area contributed by atoms with E-state index in [9.17, 15) is 0 Å². The van der Waals surface area contributed by atoms with Crippen molar-refractivity contribution in [1.29, 1.82) is 0 Å². The normalized spacial score (nSPS) is 13.9. The molecule has 0 aromatic carbocycles. The second kappa shape index (κ2) is 4.58. The van der Waals surface area contributed by atoms with Gasteiger partial charge in [0.25, 0.3) is 0 Å². The van der Waals surface area contributed by atoms with E-state index in [0.717, 1.165) is 3.53 Å². The number of hydrogen-bond donors (Lipinski definition) is 1. The average Bonchev–Trinajstić information content (AvgIpc) is 1.63. The van der Waals surface area contributed by atoms with Crippen LogP contribution in [0.2, 0.25) is 0 Å². The Labute approximate surface area is 72.2 Å². The third kappa shape index (κ3) is 5.25. The van der Waals surface area contributed by atoms with Crippen LogP contribution >= 0.6 is 36.6 Å². The highest BCUT2D eigenvalue weighted by molar-refractivity contribution is 8.41. The third-order valence-corrected chi connectivity index (χ3v) is 2.95. The molecule has 0 saturated carbocycles. The number of thiocarbonyl (C=S) groups is 1. The Bertz CT molecular complexity index is 98.5. The third-order valence-electron chi connectivity index (χ3n) is 1.23. The van der Waals surface area contributed by atoms with Crippen LogP contribution in [0.1, 0.15) is 20.8 Å². The summed E-state index contributed by atoms with van der Waals surface area (Å²) in [7, 11) is 0. The van der Waals surface area contributed by atoms with Crippen molar-refractivity contribution in [3.8, 4) is 0 Å². The zero-order chi connectivity index (χ0) is 7.44. The van der Waals surface area contributed by atoms with Gasteiger partial charge in [0, 0.05) is 5.25 Å². The molecule has 0 aliphatic rings. The highest BCUT2D eigenvalue weighted by Crippen LogP contribution is 2.21. The van der Waals surface area contributed by atoms with Gasteiger partial charge >= 0.3 is 0 Å². The van der Waals surface area contributed by atoms with Crippen LogP contribution < -0.4 is 0 Å².